The highest BCUT2D eigenvalue weighted by Gasteiger charge is 2.19. The lowest BCUT2D eigenvalue weighted by molar-refractivity contribution is 0.348. The van der Waals surface area contributed by atoms with Crippen LogP contribution < -0.4 is 0 Å². The third-order valence-corrected chi connectivity index (χ3v) is 3.66. The molecule has 0 bridgehead atoms. The first-order valence-corrected chi connectivity index (χ1v) is 6.29. The summed E-state index contributed by atoms with van der Waals surface area (Å²) in [5.41, 5.74) is 2.36. The molecule has 1 aliphatic carbocycles. The molecule has 1 nitrogen and oxygen atoms in total. The molecular formula is C16H17N. The molecular weight excluding hydrogens is 206 g/mol. The van der Waals surface area contributed by atoms with Crippen molar-refractivity contribution in [2.45, 2.75) is 38.5 Å². The molecule has 1 saturated carbocycles. The van der Waals surface area contributed by atoms with Gasteiger partial charge in [-0.05, 0) is 42.4 Å². The highest BCUT2D eigenvalue weighted by molar-refractivity contribution is 5.39. The van der Waals surface area contributed by atoms with Crippen LogP contribution in [0.3, 0.4) is 0 Å². The van der Waals surface area contributed by atoms with Crippen LogP contribution in [0.5, 0.6) is 0 Å². The van der Waals surface area contributed by atoms with Gasteiger partial charge in [0.1, 0.15) is 0 Å². The van der Waals surface area contributed by atoms with Crippen molar-refractivity contribution < 1.29 is 0 Å². The minimum Gasteiger partial charge on any atom is -0.183 e. The van der Waals surface area contributed by atoms with E-state index in [4.69, 9.17) is 5.26 Å². The second kappa shape index (κ2) is 5.55. The van der Waals surface area contributed by atoms with Gasteiger partial charge in [-0.3, -0.25) is 0 Å². The van der Waals surface area contributed by atoms with Gasteiger partial charge in [0.05, 0.1) is 0 Å². The lowest BCUT2D eigenvalue weighted by atomic mass is 9.79. The monoisotopic (exact) mass is 223 g/mol. The molecule has 0 amide bonds. The smallest absolute Gasteiger partial charge is 0.152 e. The molecule has 0 unspecified atom stereocenters. The lowest BCUT2D eigenvalue weighted by Crippen LogP contribution is -2.10. The average molecular weight is 223 g/mol. The van der Waals surface area contributed by atoms with Gasteiger partial charge in [0.15, 0.2) is 6.07 Å². The summed E-state index contributed by atoms with van der Waals surface area (Å²) in [7, 11) is 0. The molecule has 1 aromatic carbocycles. The van der Waals surface area contributed by atoms with Crippen LogP contribution in [0, 0.1) is 29.1 Å². The molecule has 0 atom stereocenters. The number of nitrogens with zero attached hydrogens (tertiary/aromatic N) is 1. The standard InChI is InChI=1S/C16H17N/c1-13-4-8-15(9-5-13)16-10-6-14(7-11-16)3-2-12-17/h6-7,10-11,13,15H,4-5,8-9H2,1H3. The summed E-state index contributed by atoms with van der Waals surface area (Å²) in [6.07, 6.45) is 5.32. The Labute approximate surface area is 103 Å². The SMILES string of the molecule is CC1CCC(c2ccc(C#CC#N)cc2)CC1. The van der Waals surface area contributed by atoms with Crippen molar-refractivity contribution in [2.24, 2.45) is 5.92 Å². The van der Waals surface area contributed by atoms with Crippen LogP contribution in [0.15, 0.2) is 24.3 Å². The lowest BCUT2D eigenvalue weighted by Gasteiger charge is -2.26. The number of benzene rings is 1. The Kier molecular flexibility index (Phi) is 3.84. The van der Waals surface area contributed by atoms with Gasteiger partial charge in [0.25, 0.3) is 0 Å². The maximum atomic E-state index is 8.39. The van der Waals surface area contributed by atoms with Gasteiger partial charge in [0.2, 0.25) is 0 Å². The van der Waals surface area contributed by atoms with Crippen LogP contribution in [-0.4, -0.2) is 0 Å². The van der Waals surface area contributed by atoms with Crippen molar-refractivity contribution >= 4 is 0 Å². The minimum absolute atomic E-state index is 0.726. The Morgan fingerprint density at radius 2 is 1.71 bits per heavy atom. The molecule has 1 aromatic rings. The zero-order valence-electron chi connectivity index (χ0n) is 10.2. The summed E-state index contributed by atoms with van der Waals surface area (Å²) in [5, 5.41) is 8.39. The highest BCUT2D eigenvalue weighted by atomic mass is 14.2. The predicted octanol–water partition coefficient (Wildman–Crippen LogP) is 3.86. The summed E-state index contributed by atoms with van der Waals surface area (Å²) in [4.78, 5) is 0. The van der Waals surface area contributed by atoms with E-state index >= 15 is 0 Å². The quantitative estimate of drug-likeness (QED) is 0.663. The van der Waals surface area contributed by atoms with Crippen LogP contribution >= 0.6 is 0 Å². The van der Waals surface area contributed by atoms with Gasteiger partial charge in [-0.1, -0.05) is 37.8 Å². The Hall–Kier alpha value is -1.73. The minimum atomic E-state index is 0.726. The van der Waals surface area contributed by atoms with Crippen LogP contribution in [0.4, 0.5) is 0 Å². The molecule has 1 fully saturated rings. The first kappa shape index (κ1) is 11.7. The Bertz CT molecular complexity index is 459. The summed E-state index contributed by atoms with van der Waals surface area (Å²) in [6, 6.07) is 10.2. The molecule has 0 aromatic heterocycles. The third-order valence-electron chi connectivity index (χ3n) is 3.66. The number of hydrogen-bond donors (Lipinski definition) is 0. The normalized spacial score (nSPS) is 23.3. The van der Waals surface area contributed by atoms with Crippen molar-refractivity contribution in [2.75, 3.05) is 0 Å². The summed E-state index contributed by atoms with van der Waals surface area (Å²) >= 11 is 0. The van der Waals surface area contributed by atoms with E-state index in [-0.39, 0.29) is 0 Å². The highest BCUT2D eigenvalue weighted by Crippen LogP contribution is 2.35. The first-order valence-electron chi connectivity index (χ1n) is 6.29. The molecule has 0 spiro atoms. The average Bonchev–Trinajstić information content (AvgIpc) is 2.38. The van der Waals surface area contributed by atoms with Gasteiger partial charge in [-0.25, -0.2) is 0 Å². The van der Waals surface area contributed by atoms with Crippen molar-refractivity contribution in [3.05, 3.63) is 35.4 Å². The van der Waals surface area contributed by atoms with E-state index in [0.29, 0.717) is 0 Å². The van der Waals surface area contributed by atoms with Crippen LogP contribution in [0.1, 0.15) is 49.7 Å². The van der Waals surface area contributed by atoms with E-state index in [9.17, 15) is 0 Å². The van der Waals surface area contributed by atoms with Crippen molar-refractivity contribution in [3.8, 4) is 17.9 Å². The van der Waals surface area contributed by atoms with Crippen LogP contribution in [0.25, 0.3) is 0 Å². The largest absolute Gasteiger partial charge is 0.183 e. The summed E-state index contributed by atoms with van der Waals surface area (Å²) in [6.45, 7) is 2.34. The zero-order valence-corrected chi connectivity index (χ0v) is 10.2. The molecule has 0 N–H and O–H groups in total. The molecule has 0 saturated heterocycles. The van der Waals surface area contributed by atoms with E-state index in [1.807, 2.05) is 18.2 Å². The summed E-state index contributed by atoms with van der Waals surface area (Å²) < 4.78 is 0. The third kappa shape index (κ3) is 3.11. The fourth-order valence-electron chi connectivity index (χ4n) is 2.53. The van der Waals surface area contributed by atoms with Gasteiger partial charge < -0.3 is 0 Å². The van der Waals surface area contributed by atoms with Crippen molar-refractivity contribution in [1.82, 2.24) is 0 Å². The Morgan fingerprint density at radius 1 is 1.06 bits per heavy atom. The van der Waals surface area contributed by atoms with E-state index in [1.165, 1.54) is 31.2 Å². The van der Waals surface area contributed by atoms with Gasteiger partial charge in [-0.15, -0.1) is 0 Å². The number of nitriles is 1. The van der Waals surface area contributed by atoms with Gasteiger partial charge >= 0.3 is 0 Å². The maximum Gasteiger partial charge on any atom is 0.152 e. The molecule has 0 radical (unpaired) electrons. The van der Waals surface area contributed by atoms with E-state index in [0.717, 1.165) is 17.4 Å². The fourth-order valence-corrected chi connectivity index (χ4v) is 2.53. The Balaban J connectivity index is 2.05. The molecule has 1 heteroatoms. The molecule has 2 rings (SSSR count). The number of rotatable bonds is 1. The van der Waals surface area contributed by atoms with Gasteiger partial charge in [0, 0.05) is 11.5 Å². The first-order chi connectivity index (χ1) is 8.29. The van der Waals surface area contributed by atoms with Crippen LogP contribution in [-0.2, 0) is 0 Å². The number of hydrogen-bond acceptors (Lipinski definition) is 1. The predicted molar refractivity (Wildman–Crippen MR) is 69.3 cm³/mol. The molecule has 1 aliphatic rings. The molecule has 0 heterocycles. The van der Waals surface area contributed by atoms with E-state index < -0.39 is 0 Å². The second-order valence-corrected chi connectivity index (χ2v) is 4.94. The van der Waals surface area contributed by atoms with Crippen molar-refractivity contribution in [1.29, 1.82) is 5.26 Å². The van der Waals surface area contributed by atoms with E-state index in [2.05, 4.69) is 30.9 Å². The summed E-state index contributed by atoms with van der Waals surface area (Å²) in [5.74, 6) is 6.87. The molecule has 86 valence electrons. The topological polar surface area (TPSA) is 23.8 Å². The molecule has 0 aliphatic heterocycles. The van der Waals surface area contributed by atoms with Crippen LogP contribution in [0.2, 0.25) is 0 Å². The second-order valence-electron chi connectivity index (χ2n) is 4.94. The fraction of sp³-hybridized carbons (Fsp3) is 0.438. The molecule has 17 heavy (non-hydrogen) atoms. The maximum absolute atomic E-state index is 8.39. The zero-order chi connectivity index (χ0) is 12.1. The van der Waals surface area contributed by atoms with Crippen molar-refractivity contribution in [3.63, 3.8) is 0 Å². The Morgan fingerprint density at radius 3 is 2.29 bits per heavy atom. The van der Waals surface area contributed by atoms with Gasteiger partial charge in [-0.2, -0.15) is 5.26 Å². The van der Waals surface area contributed by atoms with E-state index in [1.54, 1.807) is 0 Å².